The number of anilines is 1. The molecule has 0 unspecified atom stereocenters. The first-order chi connectivity index (χ1) is 19.2. The Bertz CT molecular complexity index is 1400. The molecular weight excluding hydrogens is 522 g/mol. The maximum Gasteiger partial charge on any atom is 0.264 e. The van der Waals surface area contributed by atoms with E-state index in [-0.39, 0.29) is 23.4 Å². The maximum absolute atomic E-state index is 14.1. The number of sulfonamides is 1. The SMILES string of the molecule is Cc1cccc(N(CC(=O)N(Cc2ccccc2)[C@@H](C)C(=O)NC2CCCCC2)S(=O)(=O)c2ccccc2)c1C. The molecule has 7 nitrogen and oxygen atoms in total. The number of aryl methyl sites for hydroxylation is 1. The average Bonchev–Trinajstić information content (AvgIpc) is 2.97. The van der Waals surface area contributed by atoms with Crippen molar-refractivity contribution in [3.63, 3.8) is 0 Å². The van der Waals surface area contributed by atoms with Crippen LogP contribution in [-0.2, 0) is 26.2 Å². The molecule has 1 atom stereocenters. The molecule has 1 fully saturated rings. The molecule has 2 amide bonds. The highest BCUT2D eigenvalue weighted by Gasteiger charge is 2.33. The van der Waals surface area contributed by atoms with Gasteiger partial charge in [-0.15, -0.1) is 0 Å². The largest absolute Gasteiger partial charge is 0.352 e. The number of carbonyl (C=O) groups excluding carboxylic acids is 2. The third kappa shape index (κ3) is 6.91. The fourth-order valence-electron chi connectivity index (χ4n) is 5.17. The van der Waals surface area contributed by atoms with Gasteiger partial charge in [0.15, 0.2) is 0 Å². The Morgan fingerprint density at radius 1 is 0.875 bits per heavy atom. The van der Waals surface area contributed by atoms with Crippen molar-refractivity contribution < 1.29 is 18.0 Å². The van der Waals surface area contributed by atoms with Crippen LogP contribution in [0, 0.1) is 13.8 Å². The third-order valence-electron chi connectivity index (χ3n) is 7.77. The molecule has 1 N–H and O–H groups in total. The normalized spacial score (nSPS) is 14.8. The van der Waals surface area contributed by atoms with Crippen molar-refractivity contribution in [3.8, 4) is 0 Å². The summed E-state index contributed by atoms with van der Waals surface area (Å²) in [6.07, 6.45) is 5.19. The first-order valence-corrected chi connectivity index (χ1v) is 15.4. The van der Waals surface area contributed by atoms with Crippen LogP contribution in [0.4, 0.5) is 5.69 Å². The summed E-state index contributed by atoms with van der Waals surface area (Å²) in [4.78, 5) is 29.1. The molecule has 0 bridgehead atoms. The van der Waals surface area contributed by atoms with Gasteiger partial charge in [-0.25, -0.2) is 8.42 Å². The van der Waals surface area contributed by atoms with Gasteiger partial charge in [-0.2, -0.15) is 0 Å². The molecule has 3 aromatic rings. The minimum Gasteiger partial charge on any atom is -0.352 e. The zero-order valence-electron chi connectivity index (χ0n) is 23.5. The van der Waals surface area contributed by atoms with E-state index < -0.39 is 28.5 Å². The Morgan fingerprint density at radius 3 is 2.15 bits per heavy atom. The molecule has 0 radical (unpaired) electrons. The van der Waals surface area contributed by atoms with Gasteiger partial charge in [-0.3, -0.25) is 13.9 Å². The zero-order chi connectivity index (χ0) is 28.7. The Labute approximate surface area is 238 Å². The van der Waals surface area contributed by atoms with Crippen molar-refractivity contribution >= 4 is 27.5 Å². The van der Waals surface area contributed by atoms with Gasteiger partial charge in [0.2, 0.25) is 11.8 Å². The van der Waals surface area contributed by atoms with E-state index in [1.165, 1.54) is 27.8 Å². The second-order valence-corrected chi connectivity index (χ2v) is 12.4. The molecule has 40 heavy (non-hydrogen) atoms. The predicted octanol–water partition coefficient (Wildman–Crippen LogP) is 5.36. The van der Waals surface area contributed by atoms with Crippen LogP contribution in [0.1, 0.15) is 55.7 Å². The number of amides is 2. The number of rotatable bonds is 10. The molecule has 1 saturated carbocycles. The summed E-state index contributed by atoms with van der Waals surface area (Å²) >= 11 is 0. The quantitative estimate of drug-likeness (QED) is 0.361. The standard InChI is InChI=1S/C32H39N3O4S/c1-24-14-13-21-30(25(24)2)35(40(38,39)29-19-11-6-12-20-29)23-31(36)34(22-27-15-7-4-8-16-27)26(3)32(37)33-28-17-9-5-10-18-28/h4,6-8,11-16,19-21,26,28H,5,9-10,17-18,22-23H2,1-3H3,(H,33,37)/t26-/m0/s1. The Kier molecular flexibility index (Phi) is 9.63. The summed E-state index contributed by atoms with van der Waals surface area (Å²) in [5.41, 5.74) is 2.99. The van der Waals surface area contributed by atoms with E-state index in [4.69, 9.17) is 0 Å². The third-order valence-corrected chi connectivity index (χ3v) is 9.54. The predicted molar refractivity (Wildman–Crippen MR) is 158 cm³/mol. The molecule has 0 heterocycles. The number of nitrogens with one attached hydrogen (secondary N) is 1. The Morgan fingerprint density at radius 2 is 1.50 bits per heavy atom. The summed E-state index contributed by atoms with van der Waals surface area (Å²) in [6, 6.07) is 22.3. The lowest BCUT2D eigenvalue weighted by molar-refractivity contribution is -0.139. The number of benzene rings is 3. The summed E-state index contributed by atoms with van der Waals surface area (Å²) in [7, 11) is -4.08. The van der Waals surface area contributed by atoms with Crippen LogP contribution in [-0.4, -0.2) is 43.8 Å². The van der Waals surface area contributed by atoms with E-state index in [0.29, 0.717) is 5.69 Å². The molecule has 1 aliphatic rings. The first kappa shape index (κ1) is 29.3. The van der Waals surface area contributed by atoms with Gasteiger partial charge in [0.1, 0.15) is 12.6 Å². The first-order valence-electron chi connectivity index (χ1n) is 14.0. The van der Waals surface area contributed by atoms with Crippen LogP contribution >= 0.6 is 0 Å². The maximum atomic E-state index is 14.1. The van der Waals surface area contributed by atoms with Crippen LogP contribution in [0.25, 0.3) is 0 Å². The van der Waals surface area contributed by atoms with Crippen LogP contribution in [0.15, 0.2) is 83.8 Å². The van der Waals surface area contributed by atoms with Crippen molar-refractivity contribution in [2.75, 3.05) is 10.8 Å². The van der Waals surface area contributed by atoms with Crippen LogP contribution in [0.3, 0.4) is 0 Å². The van der Waals surface area contributed by atoms with Gasteiger partial charge < -0.3 is 10.2 Å². The number of nitrogens with zero attached hydrogens (tertiary/aromatic N) is 2. The molecule has 0 spiro atoms. The molecule has 3 aromatic carbocycles. The van der Waals surface area contributed by atoms with Gasteiger partial charge in [0.05, 0.1) is 10.6 Å². The average molecular weight is 562 g/mol. The molecule has 4 rings (SSSR count). The van der Waals surface area contributed by atoms with Crippen molar-refractivity contribution in [1.29, 1.82) is 0 Å². The zero-order valence-corrected chi connectivity index (χ0v) is 24.4. The highest BCUT2D eigenvalue weighted by atomic mass is 32.2. The van der Waals surface area contributed by atoms with Gasteiger partial charge in [0.25, 0.3) is 10.0 Å². The molecule has 0 aromatic heterocycles. The molecule has 0 aliphatic heterocycles. The summed E-state index contributed by atoms with van der Waals surface area (Å²) in [5.74, 6) is -0.670. The monoisotopic (exact) mass is 561 g/mol. The summed E-state index contributed by atoms with van der Waals surface area (Å²) in [6.45, 7) is 5.23. The number of carbonyl (C=O) groups is 2. The van der Waals surface area contributed by atoms with Gasteiger partial charge >= 0.3 is 0 Å². The van der Waals surface area contributed by atoms with Crippen molar-refractivity contribution in [2.45, 2.75) is 76.4 Å². The van der Waals surface area contributed by atoms with E-state index in [9.17, 15) is 18.0 Å². The van der Waals surface area contributed by atoms with E-state index in [2.05, 4.69) is 5.32 Å². The molecular formula is C32H39N3O4S. The van der Waals surface area contributed by atoms with Gasteiger partial charge in [-0.1, -0.05) is 79.9 Å². The highest BCUT2D eigenvalue weighted by Crippen LogP contribution is 2.29. The van der Waals surface area contributed by atoms with Crippen molar-refractivity contribution in [3.05, 3.63) is 95.6 Å². The van der Waals surface area contributed by atoms with Crippen molar-refractivity contribution in [1.82, 2.24) is 10.2 Å². The van der Waals surface area contributed by atoms with Crippen LogP contribution < -0.4 is 9.62 Å². The van der Waals surface area contributed by atoms with E-state index in [0.717, 1.165) is 42.4 Å². The molecule has 0 saturated heterocycles. The van der Waals surface area contributed by atoms with Crippen LogP contribution in [0.5, 0.6) is 0 Å². The fraction of sp³-hybridized carbons (Fsp3) is 0.375. The second-order valence-electron chi connectivity index (χ2n) is 10.6. The second kappa shape index (κ2) is 13.1. The van der Waals surface area contributed by atoms with E-state index in [1.807, 2.05) is 50.2 Å². The minimum atomic E-state index is -4.08. The van der Waals surface area contributed by atoms with Gasteiger partial charge in [-0.05, 0) is 68.5 Å². The van der Waals surface area contributed by atoms with Crippen molar-refractivity contribution in [2.24, 2.45) is 0 Å². The van der Waals surface area contributed by atoms with Crippen LogP contribution in [0.2, 0.25) is 0 Å². The van der Waals surface area contributed by atoms with E-state index in [1.54, 1.807) is 37.3 Å². The Balaban J connectivity index is 1.68. The van der Waals surface area contributed by atoms with Gasteiger partial charge in [0, 0.05) is 12.6 Å². The molecule has 8 heteroatoms. The molecule has 1 aliphatic carbocycles. The lowest BCUT2D eigenvalue weighted by atomic mass is 9.95. The summed E-state index contributed by atoms with van der Waals surface area (Å²) in [5, 5.41) is 3.13. The number of hydrogen-bond acceptors (Lipinski definition) is 4. The highest BCUT2D eigenvalue weighted by molar-refractivity contribution is 7.92. The minimum absolute atomic E-state index is 0.0985. The fourth-order valence-corrected chi connectivity index (χ4v) is 6.66. The van der Waals surface area contributed by atoms with E-state index >= 15 is 0 Å². The lowest BCUT2D eigenvalue weighted by Gasteiger charge is -2.33. The lowest BCUT2D eigenvalue weighted by Crippen LogP contribution is -2.53. The topological polar surface area (TPSA) is 86.8 Å². The summed E-state index contributed by atoms with van der Waals surface area (Å²) < 4.78 is 29.1. The smallest absolute Gasteiger partial charge is 0.264 e. The number of hydrogen-bond donors (Lipinski definition) is 1. The molecule has 212 valence electrons. The Hall–Kier alpha value is -3.65.